The first kappa shape index (κ1) is 17.0. The highest BCUT2D eigenvalue weighted by molar-refractivity contribution is 5.75. The molecule has 22 heavy (non-hydrogen) atoms. The fourth-order valence-corrected chi connectivity index (χ4v) is 2.92. The van der Waals surface area contributed by atoms with Gasteiger partial charge in [-0.05, 0) is 31.9 Å². The van der Waals surface area contributed by atoms with Crippen molar-refractivity contribution in [2.24, 2.45) is 0 Å². The van der Waals surface area contributed by atoms with Crippen LogP contribution in [-0.2, 0) is 11.2 Å². The van der Waals surface area contributed by atoms with Gasteiger partial charge in [-0.15, -0.1) is 0 Å². The van der Waals surface area contributed by atoms with Gasteiger partial charge in [0.15, 0.2) is 0 Å². The van der Waals surface area contributed by atoms with E-state index in [4.69, 9.17) is 0 Å². The van der Waals surface area contributed by atoms with E-state index in [1.807, 2.05) is 14.1 Å². The Morgan fingerprint density at radius 1 is 1.32 bits per heavy atom. The average molecular weight is 303 g/mol. The zero-order valence-electron chi connectivity index (χ0n) is 14.1. The minimum atomic E-state index is 0.228. The topological polar surface area (TPSA) is 35.6 Å². The molecule has 1 heterocycles. The number of hydrogen-bond acceptors (Lipinski definition) is 3. The summed E-state index contributed by atoms with van der Waals surface area (Å²) in [4.78, 5) is 15.8. The third-order valence-electron chi connectivity index (χ3n) is 4.31. The molecule has 4 heteroatoms. The van der Waals surface area contributed by atoms with E-state index in [0.29, 0.717) is 12.5 Å². The summed E-state index contributed by atoms with van der Waals surface area (Å²) in [6, 6.07) is 9.34. The van der Waals surface area contributed by atoms with Crippen molar-refractivity contribution in [2.75, 3.05) is 40.3 Å². The van der Waals surface area contributed by atoms with Crippen molar-refractivity contribution in [3.8, 4) is 0 Å². The minimum absolute atomic E-state index is 0.228. The summed E-state index contributed by atoms with van der Waals surface area (Å²) in [5.74, 6) is 0.228. The number of carbonyl (C=O) groups is 1. The monoisotopic (exact) mass is 303 g/mol. The van der Waals surface area contributed by atoms with Crippen LogP contribution in [0.5, 0.6) is 0 Å². The van der Waals surface area contributed by atoms with Crippen molar-refractivity contribution in [3.63, 3.8) is 0 Å². The van der Waals surface area contributed by atoms with Crippen LogP contribution in [0.4, 0.5) is 0 Å². The Bertz CT molecular complexity index is 470. The molecule has 1 saturated heterocycles. The van der Waals surface area contributed by atoms with Gasteiger partial charge in [0.2, 0.25) is 5.91 Å². The summed E-state index contributed by atoms with van der Waals surface area (Å²) in [6.45, 7) is 6.34. The van der Waals surface area contributed by atoms with E-state index in [1.54, 1.807) is 4.90 Å². The van der Waals surface area contributed by atoms with Crippen LogP contribution < -0.4 is 5.32 Å². The van der Waals surface area contributed by atoms with E-state index in [2.05, 4.69) is 41.4 Å². The van der Waals surface area contributed by atoms with Crippen molar-refractivity contribution in [1.82, 2.24) is 15.1 Å². The molecule has 1 N–H and O–H groups in total. The largest absolute Gasteiger partial charge is 0.349 e. The lowest BCUT2D eigenvalue weighted by molar-refractivity contribution is -0.128. The molecule has 0 aromatic heterocycles. The van der Waals surface area contributed by atoms with Crippen LogP contribution in [0.25, 0.3) is 0 Å². The first-order valence-corrected chi connectivity index (χ1v) is 8.26. The van der Waals surface area contributed by atoms with Crippen molar-refractivity contribution in [3.05, 3.63) is 35.4 Å². The summed E-state index contributed by atoms with van der Waals surface area (Å²) in [5.41, 5.74) is 2.71. The van der Waals surface area contributed by atoms with Gasteiger partial charge in [-0.2, -0.15) is 0 Å². The maximum atomic E-state index is 11.6. The van der Waals surface area contributed by atoms with Gasteiger partial charge in [0.05, 0.1) is 0 Å². The number of amides is 1. The molecular formula is C18H29N3O. The SMILES string of the molecule is Cc1ccc(CC2CN(CCCC(=O)N(C)C)CCN2)cc1. The Kier molecular flexibility index (Phi) is 6.40. The number of carbonyl (C=O) groups excluding carboxylic acids is 1. The Morgan fingerprint density at radius 2 is 2.05 bits per heavy atom. The maximum absolute atomic E-state index is 11.6. The van der Waals surface area contributed by atoms with Gasteiger partial charge in [0, 0.05) is 46.2 Å². The van der Waals surface area contributed by atoms with E-state index < -0.39 is 0 Å². The molecule has 1 aliphatic rings. The Morgan fingerprint density at radius 3 is 2.73 bits per heavy atom. The molecule has 1 aromatic carbocycles. The van der Waals surface area contributed by atoms with Gasteiger partial charge in [-0.3, -0.25) is 4.79 Å². The number of hydrogen-bond donors (Lipinski definition) is 1. The standard InChI is InChI=1S/C18H29N3O/c1-15-6-8-16(9-7-15)13-17-14-21(12-10-19-17)11-4-5-18(22)20(2)3/h6-9,17,19H,4-5,10-14H2,1-3H3. The Labute approximate surface area is 134 Å². The highest BCUT2D eigenvalue weighted by Crippen LogP contribution is 2.10. The highest BCUT2D eigenvalue weighted by Gasteiger charge is 2.19. The lowest BCUT2D eigenvalue weighted by atomic mass is 10.0. The van der Waals surface area contributed by atoms with E-state index in [0.717, 1.165) is 39.0 Å². The van der Waals surface area contributed by atoms with E-state index in [-0.39, 0.29) is 5.91 Å². The number of rotatable bonds is 6. The Hall–Kier alpha value is -1.39. The quantitative estimate of drug-likeness (QED) is 0.868. The summed E-state index contributed by atoms with van der Waals surface area (Å²) in [7, 11) is 3.65. The number of benzene rings is 1. The third-order valence-corrected chi connectivity index (χ3v) is 4.31. The molecule has 0 spiro atoms. The molecule has 122 valence electrons. The van der Waals surface area contributed by atoms with Gasteiger partial charge in [-0.25, -0.2) is 0 Å². The smallest absolute Gasteiger partial charge is 0.222 e. The van der Waals surface area contributed by atoms with Crippen LogP contribution in [0.1, 0.15) is 24.0 Å². The summed E-state index contributed by atoms with van der Waals surface area (Å²) >= 11 is 0. The third kappa shape index (κ3) is 5.43. The minimum Gasteiger partial charge on any atom is -0.349 e. The first-order chi connectivity index (χ1) is 10.5. The van der Waals surface area contributed by atoms with E-state index in [9.17, 15) is 4.79 Å². The number of nitrogens with one attached hydrogen (secondary N) is 1. The lowest BCUT2D eigenvalue weighted by Crippen LogP contribution is -2.51. The van der Waals surface area contributed by atoms with Crippen LogP contribution >= 0.6 is 0 Å². The lowest BCUT2D eigenvalue weighted by Gasteiger charge is -2.34. The zero-order valence-corrected chi connectivity index (χ0v) is 14.1. The highest BCUT2D eigenvalue weighted by atomic mass is 16.2. The maximum Gasteiger partial charge on any atom is 0.222 e. The molecule has 1 unspecified atom stereocenters. The molecule has 1 aliphatic heterocycles. The van der Waals surface area contributed by atoms with Gasteiger partial charge < -0.3 is 15.1 Å². The molecule has 2 rings (SSSR count). The molecule has 1 fully saturated rings. The van der Waals surface area contributed by atoms with Crippen molar-refractivity contribution >= 4 is 5.91 Å². The van der Waals surface area contributed by atoms with Crippen LogP contribution in [0.3, 0.4) is 0 Å². The molecular weight excluding hydrogens is 274 g/mol. The Balaban J connectivity index is 1.74. The molecule has 1 aromatic rings. The predicted molar refractivity (Wildman–Crippen MR) is 91.0 cm³/mol. The predicted octanol–water partition coefficient (Wildman–Crippen LogP) is 1.68. The second-order valence-electron chi connectivity index (χ2n) is 6.53. The van der Waals surface area contributed by atoms with Gasteiger partial charge >= 0.3 is 0 Å². The zero-order chi connectivity index (χ0) is 15.9. The van der Waals surface area contributed by atoms with Gasteiger partial charge in [0.1, 0.15) is 0 Å². The number of piperazine rings is 1. The van der Waals surface area contributed by atoms with Gasteiger partial charge in [-0.1, -0.05) is 29.8 Å². The van der Waals surface area contributed by atoms with Crippen LogP contribution in [0.2, 0.25) is 0 Å². The van der Waals surface area contributed by atoms with Crippen molar-refractivity contribution < 1.29 is 4.79 Å². The fraction of sp³-hybridized carbons (Fsp3) is 0.611. The van der Waals surface area contributed by atoms with E-state index >= 15 is 0 Å². The number of nitrogens with zero attached hydrogens (tertiary/aromatic N) is 2. The average Bonchev–Trinajstić information content (AvgIpc) is 2.50. The van der Waals surface area contributed by atoms with Crippen molar-refractivity contribution in [1.29, 1.82) is 0 Å². The van der Waals surface area contributed by atoms with Crippen molar-refractivity contribution in [2.45, 2.75) is 32.2 Å². The van der Waals surface area contributed by atoms with Gasteiger partial charge in [0.25, 0.3) is 0 Å². The summed E-state index contributed by atoms with van der Waals surface area (Å²) in [6.07, 6.45) is 2.68. The van der Waals surface area contributed by atoms with Crippen LogP contribution in [0.15, 0.2) is 24.3 Å². The molecule has 1 atom stereocenters. The number of aryl methyl sites for hydroxylation is 1. The fourth-order valence-electron chi connectivity index (χ4n) is 2.92. The molecule has 0 bridgehead atoms. The second-order valence-corrected chi connectivity index (χ2v) is 6.53. The normalized spacial score (nSPS) is 19.1. The van der Waals surface area contributed by atoms with E-state index in [1.165, 1.54) is 11.1 Å². The van der Waals surface area contributed by atoms with Crippen LogP contribution in [0, 0.1) is 6.92 Å². The molecule has 4 nitrogen and oxygen atoms in total. The summed E-state index contributed by atoms with van der Waals surface area (Å²) < 4.78 is 0. The molecule has 1 amide bonds. The molecule has 0 aliphatic carbocycles. The first-order valence-electron chi connectivity index (χ1n) is 8.26. The summed E-state index contributed by atoms with van der Waals surface area (Å²) in [5, 5.41) is 3.61. The van der Waals surface area contributed by atoms with Crippen LogP contribution in [-0.4, -0.2) is 62.0 Å². The molecule has 0 saturated carbocycles. The molecule has 0 radical (unpaired) electrons. The second kappa shape index (κ2) is 8.30.